The van der Waals surface area contributed by atoms with Crippen LogP contribution in [-0.2, 0) is 0 Å². The highest BCUT2D eigenvalue weighted by molar-refractivity contribution is 6.31. The van der Waals surface area contributed by atoms with E-state index in [2.05, 4.69) is 9.72 Å². The molecule has 0 saturated heterocycles. The Morgan fingerprint density at radius 2 is 2.17 bits per heavy atom. The lowest BCUT2D eigenvalue weighted by molar-refractivity contribution is -0.0528. The van der Waals surface area contributed by atoms with Crippen LogP contribution in [0.3, 0.4) is 0 Å². The monoisotopic (exact) mass is 197 g/mol. The fourth-order valence-electron chi connectivity index (χ4n) is 0.573. The van der Waals surface area contributed by atoms with Crippen molar-refractivity contribution in [2.24, 2.45) is 0 Å². The molecule has 0 aliphatic heterocycles. The van der Waals surface area contributed by atoms with E-state index in [4.69, 9.17) is 11.6 Å². The molecule has 0 N–H and O–H groups in total. The number of hydrogen-bond acceptors (Lipinski definition) is 2. The summed E-state index contributed by atoms with van der Waals surface area (Å²) in [6, 6.07) is 0.840. The average Bonchev–Trinajstić information content (AvgIpc) is 1.94. The van der Waals surface area contributed by atoms with Gasteiger partial charge in [0.2, 0.25) is 5.88 Å². The van der Waals surface area contributed by atoms with Crippen LogP contribution in [-0.4, -0.2) is 11.6 Å². The minimum absolute atomic E-state index is 0.282. The van der Waals surface area contributed by atoms with E-state index in [1.165, 1.54) is 0 Å². The molecular weight excluding hydrogens is 195 g/mol. The van der Waals surface area contributed by atoms with Crippen molar-refractivity contribution in [2.45, 2.75) is 6.61 Å². The van der Waals surface area contributed by atoms with E-state index in [0.717, 1.165) is 12.3 Å². The van der Waals surface area contributed by atoms with Crippen LogP contribution >= 0.6 is 11.6 Å². The standard InChI is InChI=1S/C6H3ClF3NO/c7-4-1-3(8)2-11-5(4)12-6(9)10/h1-2,6H. The van der Waals surface area contributed by atoms with Crippen LogP contribution in [0.2, 0.25) is 5.02 Å². The molecule has 0 amide bonds. The van der Waals surface area contributed by atoms with E-state index in [-0.39, 0.29) is 5.02 Å². The van der Waals surface area contributed by atoms with Crippen LogP contribution in [0.1, 0.15) is 0 Å². The highest BCUT2D eigenvalue weighted by Gasteiger charge is 2.10. The smallest absolute Gasteiger partial charge is 0.388 e. The molecule has 0 aliphatic carbocycles. The van der Waals surface area contributed by atoms with Crippen LogP contribution in [0.25, 0.3) is 0 Å². The summed E-state index contributed by atoms with van der Waals surface area (Å²) in [4.78, 5) is 3.21. The van der Waals surface area contributed by atoms with Gasteiger partial charge in [0.25, 0.3) is 0 Å². The molecule has 1 rings (SSSR count). The highest BCUT2D eigenvalue weighted by atomic mass is 35.5. The van der Waals surface area contributed by atoms with E-state index < -0.39 is 18.3 Å². The highest BCUT2D eigenvalue weighted by Crippen LogP contribution is 2.22. The summed E-state index contributed by atoms with van der Waals surface area (Å²) in [7, 11) is 0. The largest absolute Gasteiger partial charge is 0.415 e. The summed E-state index contributed by atoms with van der Waals surface area (Å²) in [5.41, 5.74) is 0. The molecule has 0 radical (unpaired) electrons. The number of hydrogen-bond donors (Lipinski definition) is 0. The number of nitrogens with zero attached hydrogens (tertiary/aromatic N) is 1. The molecule has 66 valence electrons. The first-order chi connectivity index (χ1) is 5.59. The van der Waals surface area contributed by atoms with E-state index in [9.17, 15) is 13.2 Å². The minimum atomic E-state index is -3.01. The van der Waals surface area contributed by atoms with E-state index in [1.54, 1.807) is 0 Å². The maximum atomic E-state index is 12.3. The van der Waals surface area contributed by atoms with Gasteiger partial charge in [-0.1, -0.05) is 11.6 Å². The molecule has 1 aromatic heterocycles. The number of ether oxygens (including phenoxy) is 1. The quantitative estimate of drug-likeness (QED) is 0.727. The number of pyridine rings is 1. The fraction of sp³-hybridized carbons (Fsp3) is 0.167. The summed E-state index contributed by atoms with van der Waals surface area (Å²) in [5, 5.41) is -0.282. The topological polar surface area (TPSA) is 22.1 Å². The Bertz CT molecular complexity index is 281. The Hall–Kier alpha value is -0.970. The number of halogens is 4. The summed E-state index contributed by atoms with van der Waals surface area (Å²) >= 11 is 5.31. The van der Waals surface area contributed by atoms with Crippen molar-refractivity contribution >= 4 is 11.6 Å². The summed E-state index contributed by atoms with van der Waals surface area (Å²) < 4.78 is 39.3. The first kappa shape index (κ1) is 9.12. The molecule has 0 saturated carbocycles. The van der Waals surface area contributed by atoms with Crippen molar-refractivity contribution in [3.05, 3.63) is 23.1 Å². The van der Waals surface area contributed by atoms with Crippen molar-refractivity contribution < 1.29 is 17.9 Å². The predicted molar refractivity (Wildman–Crippen MR) is 35.8 cm³/mol. The minimum Gasteiger partial charge on any atom is -0.415 e. The van der Waals surface area contributed by atoms with Crippen LogP contribution in [0.4, 0.5) is 13.2 Å². The van der Waals surface area contributed by atoms with Gasteiger partial charge in [-0.25, -0.2) is 9.37 Å². The van der Waals surface area contributed by atoms with Gasteiger partial charge >= 0.3 is 6.61 Å². The van der Waals surface area contributed by atoms with Crippen molar-refractivity contribution in [2.75, 3.05) is 0 Å². The molecular formula is C6H3ClF3NO. The Balaban J connectivity index is 2.86. The second-order valence-corrected chi connectivity index (χ2v) is 2.23. The molecule has 6 heteroatoms. The molecule has 0 aromatic carbocycles. The Morgan fingerprint density at radius 1 is 1.50 bits per heavy atom. The molecule has 2 nitrogen and oxygen atoms in total. The molecule has 0 aliphatic rings. The summed E-state index contributed by atoms with van der Waals surface area (Å²) in [6.45, 7) is -3.01. The van der Waals surface area contributed by atoms with Gasteiger partial charge in [0.15, 0.2) is 0 Å². The zero-order valence-electron chi connectivity index (χ0n) is 5.60. The number of alkyl halides is 2. The maximum absolute atomic E-state index is 12.3. The molecule has 0 atom stereocenters. The predicted octanol–water partition coefficient (Wildman–Crippen LogP) is 2.48. The number of rotatable bonds is 2. The average molecular weight is 198 g/mol. The van der Waals surface area contributed by atoms with Gasteiger partial charge in [0, 0.05) is 0 Å². The third-order valence-corrected chi connectivity index (χ3v) is 1.25. The first-order valence-corrected chi connectivity index (χ1v) is 3.23. The second-order valence-electron chi connectivity index (χ2n) is 1.82. The second kappa shape index (κ2) is 3.62. The normalized spacial score (nSPS) is 10.4. The Morgan fingerprint density at radius 3 is 2.67 bits per heavy atom. The molecule has 1 aromatic rings. The summed E-state index contributed by atoms with van der Waals surface area (Å²) in [6.07, 6.45) is 0.740. The molecule has 0 fully saturated rings. The van der Waals surface area contributed by atoms with E-state index >= 15 is 0 Å². The zero-order valence-corrected chi connectivity index (χ0v) is 6.36. The zero-order chi connectivity index (χ0) is 9.14. The lowest BCUT2D eigenvalue weighted by Crippen LogP contribution is -2.04. The van der Waals surface area contributed by atoms with Gasteiger partial charge in [0.1, 0.15) is 10.8 Å². The van der Waals surface area contributed by atoms with Crippen molar-refractivity contribution in [1.82, 2.24) is 4.98 Å². The summed E-state index contributed by atoms with van der Waals surface area (Å²) in [5.74, 6) is -1.19. The maximum Gasteiger partial charge on any atom is 0.388 e. The van der Waals surface area contributed by atoms with Gasteiger partial charge in [-0.3, -0.25) is 0 Å². The number of aromatic nitrogens is 1. The molecule has 0 unspecified atom stereocenters. The first-order valence-electron chi connectivity index (χ1n) is 2.85. The lowest BCUT2D eigenvalue weighted by atomic mass is 10.5. The fourth-order valence-corrected chi connectivity index (χ4v) is 0.771. The van der Waals surface area contributed by atoms with Crippen LogP contribution < -0.4 is 4.74 Å². The van der Waals surface area contributed by atoms with E-state index in [0.29, 0.717) is 0 Å². The lowest BCUT2D eigenvalue weighted by Gasteiger charge is -2.03. The van der Waals surface area contributed by atoms with Crippen LogP contribution in [0.15, 0.2) is 12.3 Å². The molecule has 1 heterocycles. The van der Waals surface area contributed by atoms with Crippen LogP contribution in [0, 0.1) is 5.82 Å². The van der Waals surface area contributed by atoms with Crippen LogP contribution in [0.5, 0.6) is 5.88 Å². The van der Waals surface area contributed by atoms with Gasteiger partial charge in [-0.2, -0.15) is 8.78 Å². The van der Waals surface area contributed by atoms with Crippen molar-refractivity contribution in [3.8, 4) is 5.88 Å². The van der Waals surface area contributed by atoms with Gasteiger partial charge in [-0.05, 0) is 6.07 Å². The Labute approximate surface area is 70.9 Å². The van der Waals surface area contributed by atoms with Gasteiger partial charge in [0.05, 0.1) is 6.20 Å². The third-order valence-electron chi connectivity index (χ3n) is 0.975. The SMILES string of the molecule is Fc1cnc(OC(F)F)c(Cl)c1. The van der Waals surface area contributed by atoms with E-state index in [1.807, 2.05) is 0 Å². The molecule has 0 spiro atoms. The third kappa shape index (κ3) is 2.27. The van der Waals surface area contributed by atoms with Gasteiger partial charge < -0.3 is 4.74 Å². The molecule has 0 bridgehead atoms. The van der Waals surface area contributed by atoms with Crippen molar-refractivity contribution in [3.63, 3.8) is 0 Å². The molecule has 12 heavy (non-hydrogen) atoms. The van der Waals surface area contributed by atoms with Crippen molar-refractivity contribution in [1.29, 1.82) is 0 Å². The Kier molecular flexibility index (Phi) is 2.75. The van der Waals surface area contributed by atoms with Gasteiger partial charge in [-0.15, -0.1) is 0 Å².